The molecular weight excluding hydrogens is 370 g/mol. The lowest BCUT2D eigenvalue weighted by Gasteiger charge is -2.09. The molecule has 8 nitrogen and oxygen atoms in total. The molecule has 0 fully saturated rings. The summed E-state index contributed by atoms with van der Waals surface area (Å²) in [5.41, 5.74) is 3.76. The summed E-state index contributed by atoms with van der Waals surface area (Å²) in [6.45, 7) is 1.87. The lowest BCUT2D eigenvalue weighted by molar-refractivity contribution is 0.102. The number of ether oxygens (including phenoxy) is 2. The Hall–Kier alpha value is -3.94. The maximum atomic E-state index is 12.9. The van der Waals surface area contributed by atoms with E-state index in [-0.39, 0.29) is 5.91 Å². The van der Waals surface area contributed by atoms with Crippen LogP contribution in [-0.4, -0.2) is 40.1 Å². The van der Waals surface area contributed by atoms with Crippen molar-refractivity contribution in [3.63, 3.8) is 0 Å². The number of carbonyl (C=O) groups is 1. The van der Waals surface area contributed by atoms with Gasteiger partial charge >= 0.3 is 0 Å². The minimum absolute atomic E-state index is 0.291. The zero-order chi connectivity index (χ0) is 20.4. The summed E-state index contributed by atoms with van der Waals surface area (Å²) in [5, 5.41) is 2.88. The third kappa shape index (κ3) is 3.60. The molecule has 1 aromatic carbocycles. The molecule has 146 valence electrons. The summed E-state index contributed by atoms with van der Waals surface area (Å²) in [5.74, 6) is 1.58. The van der Waals surface area contributed by atoms with Crippen molar-refractivity contribution in [2.45, 2.75) is 6.92 Å². The van der Waals surface area contributed by atoms with Gasteiger partial charge in [-0.2, -0.15) is 0 Å². The summed E-state index contributed by atoms with van der Waals surface area (Å²) in [7, 11) is 3.16. The highest BCUT2D eigenvalue weighted by Crippen LogP contribution is 2.25. The molecule has 1 amide bonds. The predicted molar refractivity (Wildman–Crippen MR) is 109 cm³/mol. The van der Waals surface area contributed by atoms with Gasteiger partial charge < -0.3 is 19.8 Å². The number of pyridine rings is 2. The van der Waals surface area contributed by atoms with E-state index >= 15 is 0 Å². The van der Waals surface area contributed by atoms with Crippen molar-refractivity contribution in [3.05, 3.63) is 59.9 Å². The van der Waals surface area contributed by atoms with Gasteiger partial charge in [0.1, 0.15) is 17.1 Å². The van der Waals surface area contributed by atoms with Crippen molar-refractivity contribution >= 4 is 22.8 Å². The third-order valence-electron chi connectivity index (χ3n) is 4.54. The average molecular weight is 389 g/mol. The van der Waals surface area contributed by atoms with Crippen molar-refractivity contribution < 1.29 is 14.3 Å². The van der Waals surface area contributed by atoms with Crippen molar-refractivity contribution in [1.29, 1.82) is 0 Å². The smallest absolute Gasteiger partial charge is 0.258 e. The molecule has 0 saturated carbocycles. The first-order valence-corrected chi connectivity index (χ1v) is 8.90. The number of carbonyl (C=O) groups excluding carboxylic acids is 1. The number of imidazole rings is 1. The van der Waals surface area contributed by atoms with E-state index in [1.807, 2.05) is 31.2 Å². The first-order chi connectivity index (χ1) is 14.1. The number of nitrogens with one attached hydrogen (secondary N) is 2. The predicted octanol–water partition coefficient (Wildman–Crippen LogP) is 3.60. The number of nitrogens with zero attached hydrogens (tertiary/aromatic N) is 3. The van der Waals surface area contributed by atoms with Crippen LogP contribution in [0.4, 0.5) is 5.69 Å². The molecule has 0 aliphatic carbocycles. The number of H-pyrrole nitrogens is 1. The Kier molecular flexibility index (Phi) is 4.82. The Morgan fingerprint density at radius 3 is 2.55 bits per heavy atom. The normalized spacial score (nSPS) is 10.7. The summed E-state index contributed by atoms with van der Waals surface area (Å²) >= 11 is 0. The maximum absolute atomic E-state index is 12.9. The largest absolute Gasteiger partial charge is 0.497 e. The van der Waals surface area contributed by atoms with E-state index in [2.05, 4.69) is 25.3 Å². The van der Waals surface area contributed by atoms with E-state index in [1.54, 1.807) is 38.7 Å². The number of rotatable bonds is 5. The number of hydrogen-bond acceptors (Lipinski definition) is 6. The van der Waals surface area contributed by atoms with Crippen LogP contribution in [0.1, 0.15) is 15.9 Å². The molecular formula is C21H19N5O3. The molecule has 29 heavy (non-hydrogen) atoms. The fourth-order valence-electron chi connectivity index (χ4n) is 2.94. The van der Waals surface area contributed by atoms with Gasteiger partial charge in [-0.05, 0) is 42.8 Å². The van der Waals surface area contributed by atoms with Gasteiger partial charge in [0, 0.05) is 17.8 Å². The van der Waals surface area contributed by atoms with Gasteiger partial charge in [0.25, 0.3) is 5.91 Å². The molecule has 8 heteroatoms. The van der Waals surface area contributed by atoms with E-state index in [0.29, 0.717) is 34.1 Å². The Labute approximate surface area is 166 Å². The highest BCUT2D eigenvalue weighted by atomic mass is 16.5. The maximum Gasteiger partial charge on any atom is 0.258 e. The highest BCUT2D eigenvalue weighted by molar-refractivity contribution is 6.11. The molecule has 0 radical (unpaired) electrons. The number of aromatic nitrogens is 4. The molecule has 3 aromatic heterocycles. The first kappa shape index (κ1) is 18.4. The van der Waals surface area contributed by atoms with Crippen LogP contribution in [0, 0.1) is 6.92 Å². The van der Waals surface area contributed by atoms with Crippen molar-refractivity contribution in [2.75, 3.05) is 19.5 Å². The Morgan fingerprint density at radius 2 is 1.86 bits per heavy atom. The monoisotopic (exact) mass is 389 g/mol. The Morgan fingerprint density at radius 1 is 1.07 bits per heavy atom. The van der Waals surface area contributed by atoms with Gasteiger partial charge in [0.05, 0.1) is 31.7 Å². The standard InChI is InChI=1S/C21H19N5O3/c1-12-10-17(29-3)23-11-16(12)24-21(27)15-8-9-22-20-18(15)25-19(26-20)13-4-6-14(28-2)7-5-13/h4-11H,1-3H3,(H,24,27)(H,22,25,26). The van der Waals surface area contributed by atoms with Crippen molar-refractivity contribution in [1.82, 2.24) is 19.9 Å². The SMILES string of the molecule is COc1ccc(-c2nc3c(C(=O)Nc4cnc(OC)cc4C)ccnc3[nH]2)cc1. The van der Waals surface area contributed by atoms with E-state index in [4.69, 9.17) is 9.47 Å². The third-order valence-corrected chi connectivity index (χ3v) is 4.54. The number of aryl methyl sites for hydroxylation is 1. The fraction of sp³-hybridized carbons (Fsp3) is 0.143. The van der Waals surface area contributed by atoms with E-state index in [1.165, 1.54) is 0 Å². The number of aromatic amines is 1. The quantitative estimate of drug-likeness (QED) is 0.541. The van der Waals surface area contributed by atoms with Crippen molar-refractivity contribution in [3.8, 4) is 23.0 Å². The second kappa shape index (κ2) is 7.59. The van der Waals surface area contributed by atoms with Crippen LogP contribution in [-0.2, 0) is 0 Å². The van der Waals surface area contributed by atoms with Gasteiger partial charge in [0.2, 0.25) is 5.88 Å². The molecule has 3 heterocycles. The van der Waals surface area contributed by atoms with Gasteiger partial charge in [-0.1, -0.05) is 0 Å². The van der Waals surface area contributed by atoms with Crippen LogP contribution in [0.25, 0.3) is 22.6 Å². The first-order valence-electron chi connectivity index (χ1n) is 8.90. The Balaban J connectivity index is 1.66. The summed E-state index contributed by atoms with van der Waals surface area (Å²) < 4.78 is 10.3. The van der Waals surface area contributed by atoms with Gasteiger partial charge in [-0.15, -0.1) is 0 Å². The van der Waals surface area contributed by atoms with Gasteiger partial charge in [-0.3, -0.25) is 4.79 Å². The summed E-state index contributed by atoms with van der Waals surface area (Å²) in [6.07, 6.45) is 3.14. The second-order valence-electron chi connectivity index (χ2n) is 6.37. The zero-order valence-electron chi connectivity index (χ0n) is 16.2. The van der Waals surface area contributed by atoms with Crippen molar-refractivity contribution in [2.24, 2.45) is 0 Å². The van der Waals surface area contributed by atoms with E-state index in [9.17, 15) is 4.79 Å². The topological polar surface area (TPSA) is 102 Å². The molecule has 0 aliphatic rings. The molecule has 0 unspecified atom stereocenters. The highest BCUT2D eigenvalue weighted by Gasteiger charge is 2.16. The summed E-state index contributed by atoms with van der Waals surface area (Å²) in [6, 6.07) is 10.9. The van der Waals surface area contributed by atoms with Gasteiger partial charge in [0.15, 0.2) is 5.65 Å². The van der Waals surface area contributed by atoms with E-state index < -0.39 is 0 Å². The zero-order valence-corrected chi connectivity index (χ0v) is 16.2. The molecule has 2 N–H and O–H groups in total. The molecule has 0 spiro atoms. The Bertz CT molecular complexity index is 1180. The summed E-state index contributed by atoms with van der Waals surface area (Å²) in [4.78, 5) is 29.1. The molecule has 0 bridgehead atoms. The lowest BCUT2D eigenvalue weighted by Crippen LogP contribution is -2.14. The van der Waals surface area contributed by atoms with Crippen LogP contribution in [0.5, 0.6) is 11.6 Å². The number of benzene rings is 1. The number of anilines is 1. The number of amides is 1. The second-order valence-corrected chi connectivity index (χ2v) is 6.37. The molecule has 4 aromatic rings. The number of fused-ring (bicyclic) bond motifs is 1. The molecule has 0 saturated heterocycles. The average Bonchev–Trinajstić information content (AvgIpc) is 3.19. The lowest BCUT2D eigenvalue weighted by atomic mass is 10.2. The van der Waals surface area contributed by atoms with Crippen LogP contribution >= 0.6 is 0 Å². The fourth-order valence-corrected chi connectivity index (χ4v) is 2.94. The molecule has 4 rings (SSSR count). The van der Waals surface area contributed by atoms with Crippen LogP contribution in [0.3, 0.4) is 0 Å². The van der Waals surface area contributed by atoms with Crippen LogP contribution in [0.15, 0.2) is 48.8 Å². The van der Waals surface area contributed by atoms with Crippen LogP contribution in [0.2, 0.25) is 0 Å². The number of methoxy groups -OCH3 is 2. The molecule has 0 aliphatic heterocycles. The number of hydrogen-bond donors (Lipinski definition) is 2. The minimum atomic E-state index is -0.291. The van der Waals surface area contributed by atoms with E-state index in [0.717, 1.165) is 16.9 Å². The minimum Gasteiger partial charge on any atom is -0.497 e. The van der Waals surface area contributed by atoms with Crippen LogP contribution < -0.4 is 14.8 Å². The van der Waals surface area contributed by atoms with Gasteiger partial charge in [-0.25, -0.2) is 15.0 Å². The molecule has 0 atom stereocenters.